The number of nitrogens with two attached hydrogens (primary N) is 1. The van der Waals surface area contributed by atoms with E-state index in [0.717, 1.165) is 23.2 Å². The van der Waals surface area contributed by atoms with E-state index < -0.39 is 0 Å². The molecule has 2 N–H and O–H groups in total. The third-order valence-electron chi connectivity index (χ3n) is 3.75. The van der Waals surface area contributed by atoms with Gasteiger partial charge in [-0.2, -0.15) is 0 Å². The molecule has 1 aliphatic rings. The van der Waals surface area contributed by atoms with Crippen LogP contribution in [0.15, 0.2) is 48.5 Å². The molecule has 1 atom stereocenters. The Balaban J connectivity index is 1.83. The molecule has 1 aliphatic heterocycles. The van der Waals surface area contributed by atoms with Gasteiger partial charge in [-0.15, -0.1) is 0 Å². The van der Waals surface area contributed by atoms with Crippen molar-refractivity contribution >= 4 is 23.2 Å². The van der Waals surface area contributed by atoms with Gasteiger partial charge in [0.25, 0.3) is 0 Å². The van der Waals surface area contributed by atoms with Crippen LogP contribution in [-0.4, -0.2) is 18.5 Å². The fraction of sp³-hybridized carbons (Fsp3) is 0.235. The summed E-state index contributed by atoms with van der Waals surface area (Å²) in [6.45, 7) is 0.573. The van der Waals surface area contributed by atoms with Crippen molar-refractivity contribution in [1.29, 1.82) is 0 Å². The molecule has 0 aliphatic carbocycles. The van der Waals surface area contributed by atoms with Crippen molar-refractivity contribution in [1.82, 2.24) is 0 Å². The lowest BCUT2D eigenvalue weighted by Crippen LogP contribution is -2.46. The third kappa shape index (κ3) is 3.09. The Morgan fingerprint density at radius 3 is 2.67 bits per heavy atom. The number of anilines is 1. The van der Waals surface area contributed by atoms with Crippen LogP contribution in [0.25, 0.3) is 0 Å². The van der Waals surface area contributed by atoms with Gasteiger partial charge in [0.1, 0.15) is 0 Å². The number of benzene rings is 2. The number of fused-ring (bicyclic) bond motifs is 1. The average molecular weight is 301 g/mol. The van der Waals surface area contributed by atoms with Crippen LogP contribution < -0.4 is 10.6 Å². The molecular weight excluding hydrogens is 284 g/mol. The highest BCUT2D eigenvalue weighted by Crippen LogP contribution is 2.27. The molecule has 108 valence electrons. The maximum atomic E-state index is 12.6. The molecule has 0 saturated heterocycles. The summed E-state index contributed by atoms with van der Waals surface area (Å²) >= 11 is 5.87. The maximum Gasteiger partial charge on any atom is 0.231 e. The predicted octanol–water partition coefficient (Wildman–Crippen LogP) is 2.80. The van der Waals surface area contributed by atoms with Crippen LogP contribution in [0, 0.1) is 0 Å². The van der Waals surface area contributed by atoms with E-state index in [-0.39, 0.29) is 11.9 Å². The highest BCUT2D eigenvalue weighted by molar-refractivity contribution is 6.30. The zero-order valence-electron chi connectivity index (χ0n) is 11.6. The number of hydrogen-bond acceptors (Lipinski definition) is 2. The highest BCUT2D eigenvalue weighted by atomic mass is 35.5. The topological polar surface area (TPSA) is 46.3 Å². The molecule has 1 amide bonds. The molecule has 0 radical (unpaired) electrons. The van der Waals surface area contributed by atoms with Crippen molar-refractivity contribution in [2.45, 2.75) is 18.9 Å². The average Bonchev–Trinajstić information content (AvgIpc) is 2.48. The Bertz CT molecular complexity index is 654. The first-order valence-corrected chi connectivity index (χ1v) is 7.39. The summed E-state index contributed by atoms with van der Waals surface area (Å²) in [5.74, 6) is 0.0694. The number of amides is 1. The number of nitrogens with zero attached hydrogens (tertiary/aromatic N) is 1. The highest BCUT2D eigenvalue weighted by Gasteiger charge is 2.26. The van der Waals surface area contributed by atoms with Gasteiger partial charge in [-0.25, -0.2) is 0 Å². The molecule has 0 fully saturated rings. The molecule has 0 aromatic heterocycles. The normalized spacial score (nSPS) is 17.4. The van der Waals surface area contributed by atoms with Crippen LogP contribution in [0.2, 0.25) is 5.02 Å². The number of hydrogen-bond donors (Lipinski definition) is 1. The summed E-state index contributed by atoms with van der Waals surface area (Å²) < 4.78 is 0. The van der Waals surface area contributed by atoms with Gasteiger partial charge in [-0.1, -0.05) is 41.9 Å². The van der Waals surface area contributed by atoms with Gasteiger partial charge in [-0.05, 0) is 35.7 Å². The molecule has 0 spiro atoms. The second-order valence-corrected chi connectivity index (χ2v) is 5.84. The van der Waals surface area contributed by atoms with E-state index in [1.807, 2.05) is 36.4 Å². The fourth-order valence-electron chi connectivity index (χ4n) is 2.74. The van der Waals surface area contributed by atoms with Gasteiger partial charge in [0.2, 0.25) is 5.91 Å². The molecule has 0 saturated carbocycles. The standard InChI is InChI=1S/C17H17ClN2O/c18-14-7-5-12(6-8-14)9-17(21)20-11-15(19)10-13-3-1-2-4-16(13)20/h1-8,15H,9-11,19H2. The van der Waals surface area contributed by atoms with Crippen molar-refractivity contribution in [2.24, 2.45) is 5.73 Å². The fourth-order valence-corrected chi connectivity index (χ4v) is 2.86. The van der Waals surface area contributed by atoms with Crippen LogP contribution >= 0.6 is 11.6 Å². The molecular formula is C17H17ClN2O. The smallest absolute Gasteiger partial charge is 0.231 e. The number of halogens is 1. The lowest BCUT2D eigenvalue weighted by molar-refractivity contribution is -0.118. The molecule has 21 heavy (non-hydrogen) atoms. The second kappa shape index (κ2) is 5.88. The molecule has 2 aromatic rings. The van der Waals surface area contributed by atoms with Crippen molar-refractivity contribution < 1.29 is 4.79 Å². The molecule has 1 heterocycles. The van der Waals surface area contributed by atoms with Gasteiger partial charge in [0, 0.05) is 23.3 Å². The van der Waals surface area contributed by atoms with Crippen LogP contribution in [0.1, 0.15) is 11.1 Å². The van der Waals surface area contributed by atoms with E-state index in [2.05, 4.69) is 0 Å². The number of rotatable bonds is 2. The van der Waals surface area contributed by atoms with E-state index >= 15 is 0 Å². The minimum atomic E-state index is -0.00549. The van der Waals surface area contributed by atoms with Gasteiger partial charge in [0.05, 0.1) is 6.42 Å². The molecule has 1 unspecified atom stereocenters. The van der Waals surface area contributed by atoms with Crippen LogP contribution in [0.3, 0.4) is 0 Å². The third-order valence-corrected chi connectivity index (χ3v) is 4.00. The Labute approximate surface area is 129 Å². The Kier molecular flexibility index (Phi) is 3.95. The minimum absolute atomic E-state index is 0.00549. The van der Waals surface area contributed by atoms with Crippen LogP contribution in [0.5, 0.6) is 0 Å². The lowest BCUT2D eigenvalue weighted by Gasteiger charge is -2.33. The zero-order valence-corrected chi connectivity index (χ0v) is 12.4. The SMILES string of the molecule is NC1Cc2ccccc2N(C(=O)Cc2ccc(Cl)cc2)C1. The molecule has 2 aromatic carbocycles. The van der Waals surface area contributed by atoms with Gasteiger partial charge < -0.3 is 10.6 Å². The Morgan fingerprint density at radius 2 is 1.90 bits per heavy atom. The summed E-state index contributed by atoms with van der Waals surface area (Å²) in [5, 5.41) is 0.677. The van der Waals surface area contributed by atoms with Crippen molar-refractivity contribution in [2.75, 3.05) is 11.4 Å². The van der Waals surface area contributed by atoms with Crippen molar-refractivity contribution in [3.8, 4) is 0 Å². The Morgan fingerprint density at radius 1 is 1.19 bits per heavy atom. The summed E-state index contributed by atoms with van der Waals surface area (Å²) in [6.07, 6.45) is 1.18. The molecule has 0 bridgehead atoms. The first-order valence-electron chi connectivity index (χ1n) is 7.02. The van der Waals surface area contributed by atoms with Gasteiger partial charge in [0.15, 0.2) is 0 Å². The first kappa shape index (κ1) is 14.1. The molecule has 4 heteroatoms. The number of carbonyl (C=O) groups is 1. The first-order chi connectivity index (χ1) is 10.1. The summed E-state index contributed by atoms with van der Waals surface area (Å²) in [7, 11) is 0. The van der Waals surface area contributed by atoms with E-state index in [0.29, 0.717) is 18.0 Å². The van der Waals surface area contributed by atoms with Crippen LogP contribution in [-0.2, 0) is 17.6 Å². The number of para-hydroxylation sites is 1. The quantitative estimate of drug-likeness (QED) is 0.927. The number of carbonyl (C=O) groups excluding carboxylic acids is 1. The minimum Gasteiger partial charge on any atom is -0.326 e. The van der Waals surface area contributed by atoms with E-state index in [4.69, 9.17) is 17.3 Å². The second-order valence-electron chi connectivity index (χ2n) is 5.40. The lowest BCUT2D eigenvalue weighted by atomic mass is 9.97. The zero-order chi connectivity index (χ0) is 14.8. The van der Waals surface area contributed by atoms with E-state index in [1.54, 1.807) is 17.0 Å². The summed E-state index contributed by atoms with van der Waals surface area (Å²) in [6, 6.07) is 15.3. The summed E-state index contributed by atoms with van der Waals surface area (Å²) in [4.78, 5) is 14.4. The van der Waals surface area contributed by atoms with Crippen molar-refractivity contribution in [3.63, 3.8) is 0 Å². The van der Waals surface area contributed by atoms with Gasteiger partial charge >= 0.3 is 0 Å². The van der Waals surface area contributed by atoms with E-state index in [1.165, 1.54) is 0 Å². The van der Waals surface area contributed by atoms with Crippen LogP contribution in [0.4, 0.5) is 5.69 Å². The molecule has 3 nitrogen and oxygen atoms in total. The van der Waals surface area contributed by atoms with Crippen molar-refractivity contribution in [3.05, 3.63) is 64.7 Å². The molecule has 3 rings (SSSR count). The van der Waals surface area contributed by atoms with Gasteiger partial charge in [-0.3, -0.25) is 4.79 Å². The largest absolute Gasteiger partial charge is 0.326 e. The predicted molar refractivity (Wildman–Crippen MR) is 85.6 cm³/mol. The maximum absolute atomic E-state index is 12.6. The van der Waals surface area contributed by atoms with E-state index in [9.17, 15) is 4.79 Å². The Hall–Kier alpha value is -1.84. The monoisotopic (exact) mass is 300 g/mol. The summed E-state index contributed by atoms with van der Waals surface area (Å²) in [5.41, 5.74) is 9.16.